The molecule has 4 rings (SSSR count). The molecule has 1 aromatic carbocycles. The van der Waals surface area contributed by atoms with Crippen molar-refractivity contribution in [3.63, 3.8) is 0 Å². The molecule has 0 fully saturated rings. The van der Waals surface area contributed by atoms with Crippen LogP contribution in [0.2, 0.25) is 5.02 Å². The van der Waals surface area contributed by atoms with Crippen molar-refractivity contribution in [3.05, 3.63) is 60.4 Å². The van der Waals surface area contributed by atoms with Gasteiger partial charge in [-0.1, -0.05) is 11.6 Å². The van der Waals surface area contributed by atoms with Crippen LogP contribution in [0.1, 0.15) is 28.8 Å². The van der Waals surface area contributed by atoms with E-state index >= 15 is 0 Å². The summed E-state index contributed by atoms with van der Waals surface area (Å²) in [6.45, 7) is 0.962. The first-order valence-corrected chi connectivity index (χ1v) is 8.26. The van der Waals surface area contributed by atoms with Crippen LogP contribution in [0.4, 0.5) is 0 Å². The van der Waals surface area contributed by atoms with Gasteiger partial charge in [-0.3, -0.25) is 13.9 Å². The second-order valence-electron chi connectivity index (χ2n) is 6.03. The summed E-state index contributed by atoms with van der Waals surface area (Å²) in [6.07, 6.45) is 1.32. The van der Waals surface area contributed by atoms with E-state index in [4.69, 9.17) is 21.1 Å². The van der Waals surface area contributed by atoms with Gasteiger partial charge in [0.1, 0.15) is 17.4 Å². The first-order valence-electron chi connectivity index (χ1n) is 7.88. The lowest BCUT2D eigenvalue weighted by Crippen LogP contribution is -2.42. The van der Waals surface area contributed by atoms with E-state index in [-0.39, 0.29) is 18.9 Å². The van der Waals surface area contributed by atoms with E-state index in [0.29, 0.717) is 41.6 Å². The molecule has 128 valence electrons. The Labute approximate surface area is 147 Å². The van der Waals surface area contributed by atoms with Crippen LogP contribution in [0, 0.1) is 11.3 Å². The Morgan fingerprint density at radius 3 is 2.96 bits per heavy atom. The van der Waals surface area contributed by atoms with Crippen molar-refractivity contribution in [2.24, 2.45) is 0 Å². The van der Waals surface area contributed by atoms with E-state index in [9.17, 15) is 14.9 Å². The van der Waals surface area contributed by atoms with Crippen molar-refractivity contribution in [2.45, 2.75) is 32.5 Å². The van der Waals surface area contributed by atoms with Crippen molar-refractivity contribution in [3.8, 4) is 11.8 Å². The van der Waals surface area contributed by atoms with Gasteiger partial charge in [-0.05, 0) is 25.0 Å². The van der Waals surface area contributed by atoms with Gasteiger partial charge in [-0.2, -0.15) is 5.26 Å². The van der Waals surface area contributed by atoms with Gasteiger partial charge in [-0.25, -0.2) is 4.79 Å². The van der Waals surface area contributed by atoms with Crippen LogP contribution in [0.25, 0.3) is 0 Å². The highest BCUT2D eigenvalue weighted by Gasteiger charge is 2.24. The highest BCUT2D eigenvalue weighted by molar-refractivity contribution is 6.30. The van der Waals surface area contributed by atoms with E-state index in [1.54, 1.807) is 12.1 Å². The standard InChI is InChI=1S/C17H14ClN3O4/c18-12-4-10(15-11(5-12)8-24-9-25-15)7-21-16(22)13(6-19)14-2-1-3-20(14)17(21)23/h4-5H,1-3,7-9H2. The van der Waals surface area contributed by atoms with Crippen LogP contribution in [-0.2, 0) is 30.9 Å². The number of fused-ring (bicyclic) bond motifs is 2. The minimum atomic E-state index is -0.568. The minimum Gasteiger partial charge on any atom is -0.467 e. The summed E-state index contributed by atoms with van der Waals surface area (Å²) in [5.41, 5.74) is 0.985. The van der Waals surface area contributed by atoms with Gasteiger partial charge in [0.2, 0.25) is 0 Å². The number of hydrogen-bond acceptors (Lipinski definition) is 5. The molecule has 0 unspecified atom stereocenters. The van der Waals surface area contributed by atoms with Crippen LogP contribution >= 0.6 is 11.6 Å². The van der Waals surface area contributed by atoms with Gasteiger partial charge in [0.25, 0.3) is 5.56 Å². The molecule has 0 N–H and O–H groups in total. The molecule has 1 aromatic heterocycles. The van der Waals surface area contributed by atoms with Crippen LogP contribution < -0.4 is 16.0 Å². The zero-order valence-electron chi connectivity index (χ0n) is 13.2. The second-order valence-corrected chi connectivity index (χ2v) is 6.46. The number of ether oxygens (including phenoxy) is 2. The molecule has 0 bridgehead atoms. The molecule has 0 atom stereocenters. The predicted octanol–water partition coefficient (Wildman–Crippen LogP) is 1.40. The molecule has 0 aliphatic carbocycles. The van der Waals surface area contributed by atoms with E-state index in [1.165, 1.54) is 4.57 Å². The molecule has 0 saturated carbocycles. The highest BCUT2D eigenvalue weighted by atomic mass is 35.5. The van der Waals surface area contributed by atoms with Gasteiger partial charge in [0.05, 0.1) is 13.2 Å². The van der Waals surface area contributed by atoms with Crippen molar-refractivity contribution in [1.29, 1.82) is 5.26 Å². The summed E-state index contributed by atoms with van der Waals surface area (Å²) >= 11 is 6.15. The maximum atomic E-state index is 12.7. The first-order chi connectivity index (χ1) is 12.1. The number of benzene rings is 1. The molecule has 0 saturated heterocycles. The smallest absolute Gasteiger partial charge is 0.331 e. The quantitative estimate of drug-likeness (QED) is 0.809. The molecule has 0 radical (unpaired) electrons. The minimum absolute atomic E-state index is 0.00444. The first kappa shape index (κ1) is 15.9. The monoisotopic (exact) mass is 359 g/mol. The molecule has 0 spiro atoms. The Hall–Kier alpha value is -2.56. The van der Waals surface area contributed by atoms with Gasteiger partial charge in [-0.15, -0.1) is 0 Å². The third-order valence-corrected chi connectivity index (χ3v) is 4.74. The van der Waals surface area contributed by atoms with Crippen molar-refractivity contribution < 1.29 is 9.47 Å². The summed E-state index contributed by atoms with van der Waals surface area (Å²) in [5.74, 6) is 0.575. The highest BCUT2D eigenvalue weighted by Crippen LogP contribution is 2.31. The molecule has 25 heavy (non-hydrogen) atoms. The van der Waals surface area contributed by atoms with Crippen LogP contribution in [0.15, 0.2) is 21.7 Å². The average Bonchev–Trinajstić information content (AvgIpc) is 3.08. The Kier molecular flexibility index (Phi) is 3.86. The molecule has 2 aromatic rings. The molecule has 7 nitrogen and oxygen atoms in total. The van der Waals surface area contributed by atoms with Crippen molar-refractivity contribution in [2.75, 3.05) is 6.79 Å². The summed E-state index contributed by atoms with van der Waals surface area (Å²) in [5, 5.41) is 9.83. The molecule has 2 aliphatic heterocycles. The fourth-order valence-electron chi connectivity index (χ4n) is 3.43. The van der Waals surface area contributed by atoms with Gasteiger partial charge >= 0.3 is 5.69 Å². The number of halogens is 1. The topological polar surface area (TPSA) is 86.2 Å². The predicted molar refractivity (Wildman–Crippen MR) is 88.8 cm³/mol. The zero-order chi connectivity index (χ0) is 17.6. The largest absolute Gasteiger partial charge is 0.467 e. The Morgan fingerprint density at radius 1 is 1.32 bits per heavy atom. The molecule has 3 heterocycles. The Bertz CT molecular complexity index is 1030. The summed E-state index contributed by atoms with van der Waals surface area (Å²) in [4.78, 5) is 25.4. The maximum absolute atomic E-state index is 12.7. The number of nitrogens with zero attached hydrogens (tertiary/aromatic N) is 3. The molecular formula is C17H14ClN3O4. The lowest BCUT2D eigenvalue weighted by molar-refractivity contribution is -0.0171. The van der Waals surface area contributed by atoms with E-state index in [0.717, 1.165) is 16.6 Å². The van der Waals surface area contributed by atoms with Crippen LogP contribution in [0.3, 0.4) is 0 Å². The third kappa shape index (κ3) is 2.54. The normalized spacial score (nSPS) is 15.2. The summed E-state index contributed by atoms with van der Waals surface area (Å²) in [6, 6.07) is 5.36. The fourth-order valence-corrected chi connectivity index (χ4v) is 3.70. The number of aromatic nitrogens is 2. The summed E-state index contributed by atoms with van der Waals surface area (Å²) in [7, 11) is 0. The van der Waals surface area contributed by atoms with Crippen molar-refractivity contribution in [1.82, 2.24) is 9.13 Å². The maximum Gasteiger partial charge on any atom is 0.331 e. The van der Waals surface area contributed by atoms with E-state index in [2.05, 4.69) is 0 Å². The lowest BCUT2D eigenvalue weighted by Gasteiger charge is -2.21. The number of hydrogen-bond donors (Lipinski definition) is 0. The lowest BCUT2D eigenvalue weighted by atomic mass is 10.1. The molecular weight excluding hydrogens is 346 g/mol. The Morgan fingerprint density at radius 2 is 2.16 bits per heavy atom. The van der Waals surface area contributed by atoms with Crippen molar-refractivity contribution >= 4 is 11.6 Å². The van der Waals surface area contributed by atoms with Gasteiger partial charge in [0, 0.05) is 28.4 Å². The third-order valence-electron chi connectivity index (χ3n) is 4.52. The molecule has 0 amide bonds. The number of nitriles is 1. The SMILES string of the molecule is N#Cc1c2n(c(=O)n(Cc3cc(Cl)cc4c3OCOC4)c1=O)CCC2. The molecule has 2 aliphatic rings. The fraction of sp³-hybridized carbons (Fsp3) is 0.353. The Balaban J connectivity index is 1.89. The van der Waals surface area contributed by atoms with Crippen LogP contribution in [0.5, 0.6) is 5.75 Å². The zero-order valence-corrected chi connectivity index (χ0v) is 14.0. The van der Waals surface area contributed by atoms with Gasteiger partial charge in [0.15, 0.2) is 6.79 Å². The second kappa shape index (κ2) is 6.06. The van der Waals surface area contributed by atoms with Gasteiger partial charge < -0.3 is 9.47 Å². The van der Waals surface area contributed by atoms with E-state index < -0.39 is 11.2 Å². The molecule has 8 heteroatoms. The summed E-state index contributed by atoms with van der Waals surface area (Å²) < 4.78 is 13.4. The number of rotatable bonds is 2. The average molecular weight is 360 g/mol. The van der Waals surface area contributed by atoms with Crippen LogP contribution in [-0.4, -0.2) is 15.9 Å². The van der Waals surface area contributed by atoms with E-state index in [1.807, 2.05) is 6.07 Å².